The van der Waals surface area contributed by atoms with Crippen molar-refractivity contribution in [3.63, 3.8) is 0 Å². The summed E-state index contributed by atoms with van der Waals surface area (Å²) >= 11 is 0. The number of anilines is 2. The minimum Gasteiger partial charge on any atom is -0.497 e. The zero-order valence-electron chi connectivity index (χ0n) is 28.6. The van der Waals surface area contributed by atoms with Crippen molar-refractivity contribution in [1.29, 1.82) is 0 Å². The second kappa shape index (κ2) is 13.8. The second-order valence-electron chi connectivity index (χ2n) is 13.6. The molecule has 0 saturated carbocycles. The molecular weight excluding hydrogens is 639 g/mol. The molecule has 6 rings (SSSR count). The van der Waals surface area contributed by atoms with E-state index in [0.29, 0.717) is 30.0 Å². The van der Waals surface area contributed by atoms with Gasteiger partial charge in [-0.1, -0.05) is 73.7 Å². The number of carbonyl (C=O) groups is 3. The van der Waals surface area contributed by atoms with Crippen molar-refractivity contribution in [3.05, 3.63) is 96.6 Å². The summed E-state index contributed by atoms with van der Waals surface area (Å²) in [5, 5.41) is 11.1. The monoisotopic (exact) mass is 683 g/mol. The minimum atomic E-state index is -2.51. The summed E-state index contributed by atoms with van der Waals surface area (Å²) in [5.74, 6) is 0.0585. The molecule has 258 valence electrons. The number of methoxy groups -OCH3 is 1. The first-order valence-corrected chi connectivity index (χ1v) is 19.9. The van der Waals surface area contributed by atoms with Gasteiger partial charge in [-0.3, -0.25) is 14.5 Å². The zero-order chi connectivity index (χ0) is 34.9. The molecule has 0 unspecified atom stereocenters. The molecule has 3 aliphatic rings. The number of aliphatic hydroxyl groups excluding tert-OH is 1. The van der Waals surface area contributed by atoms with E-state index in [9.17, 15) is 19.5 Å². The highest BCUT2D eigenvalue weighted by molar-refractivity contribution is 6.91. The third kappa shape index (κ3) is 6.04. The Labute approximate surface area is 288 Å². The van der Waals surface area contributed by atoms with E-state index in [1.807, 2.05) is 60.7 Å². The third-order valence-corrected chi connectivity index (χ3v) is 14.9. The average molecular weight is 684 g/mol. The zero-order valence-corrected chi connectivity index (χ0v) is 29.6. The molecule has 1 N–H and O–H groups in total. The van der Waals surface area contributed by atoms with Crippen LogP contribution in [0.3, 0.4) is 0 Å². The van der Waals surface area contributed by atoms with Crippen LogP contribution in [0.5, 0.6) is 5.75 Å². The summed E-state index contributed by atoms with van der Waals surface area (Å²) in [6, 6.07) is 23.3. The first-order valence-electron chi connectivity index (χ1n) is 16.8. The molecule has 3 heterocycles. The standard InChI is InChI=1S/C38H45N3O7Si/c1-6-18-41-32-17-12-28(40-20-22-47-37(40)45)23-31(32)38(36(41)44)26(2)35(49(4,5)30-15-13-29(46-3)14-16-30)33(48-38)24-34(43)39(19-21-42)25-27-10-8-7-9-11-27/h6-17,23,26,33,35,42H,1,18-22,24-25H2,2-5H3/t26-,33+,35-,38+/m0/s1. The van der Waals surface area contributed by atoms with Gasteiger partial charge in [0, 0.05) is 36.8 Å². The molecule has 0 aliphatic carbocycles. The second-order valence-corrected chi connectivity index (χ2v) is 18.2. The molecular formula is C38H45N3O7Si. The molecule has 3 aromatic rings. The Kier molecular flexibility index (Phi) is 9.70. The molecule has 3 amide bonds. The van der Waals surface area contributed by atoms with Gasteiger partial charge in [0.15, 0.2) is 5.60 Å². The fourth-order valence-electron chi connectivity index (χ4n) is 8.13. The predicted octanol–water partition coefficient (Wildman–Crippen LogP) is 4.81. The van der Waals surface area contributed by atoms with E-state index in [1.165, 1.54) is 0 Å². The quantitative estimate of drug-likeness (QED) is 0.216. The summed E-state index contributed by atoms with van der Waals surface area (Å²) in [7, 11) is -0.877. The Bertz CT molecular complexity index is 1720. The third-order valence-electron chi connectivity index (χ3n) is 10.5. The smallest absolute Gasteiger partial charge is 0.414 e. The molecule has 49 heavy (non-hydrogen) atoms. The molecule has 0 aromatic heterocycles. The molecule has 4 atom stereocenters. The van der Waals surface area contributed by atoms with Crippen LogP contribution in [0.4, 0.5) is 16.2 Å². The van der Waals surface area contributed by atoms with E-state index in [-0.39, 0.29) is 56.0 Å². The maximum Gasteiger partial charge on any atom is 0.414 e. The highest BCUT2D eigenvalue weighted by atomic mass is 28.3. The number of fused-ring (bicyclic) bond motifs is 2. The summed E-state index contributed by atoms with van der Waals surface area (Å²) in [6.45, 7) is 11.8. The van der Waals surface area contributed by atoms with Crippen molar-refractivity contribution >= 4 is 42.5 Å². The fraction of sp³-hybridized carbons (Fsp3) is 0.395. The SMILES string of the molecule is C=CCN1C(=O)[C@]2(O[C@H](CC(=O)N(CCO)Cc3ccccc3)[C@@H]([Si](C)(C)c3ccc(OC)cc3)[C@@H]2C)c2cc(N3CCOC3=O)ccc21. The number of carbonyl (C=O) groups excluding carboxylic acids is 3. The molecule has 2 saturated heterocycles. The molecule has 11 heteroatoms. The average Bonchev–Trinajstić information content (AvgIpc) is 3.73. The lowest BCUT2D eigenvalue weighted by molar-refractivity contribution is -0.149. The molecule has 0 bridgehead atoms. The Morgan fingerprint density at radius 2 is 1.86 bits per heavy atom. The molecule has 10 nitrogen and oxygen atoms in total. The first-order chi connectivity index (χ1) is 23.6. The number of nitrogens with zero attached hydrogens (tertiary/aromatic N) is 3. The van der Waals surface area contributed by atoms with Gasteiger partial charge in [0.05, 0.1) is 46.5 Å². The normalized spacial score (nSPS) is 23.2. The summed E-state index contributed by atoms with van der Waals surface area (Å²) in [5.41, 5.74) is 1.40. The van der Waals surface area contributed by atoms with Crippen molar-refractivity contribution in [2.45, 2.75) is 50.2 Å². The van der Waals surface area contributed by atoms with Gasteiger partial charge in [0.25, 0.3) is 5.91 Å². The summed E-state index contributed by atoms with van der Waals surface area (Å²) < 4.78 is 17.8. The Morgan fingerprint density at radius 3 is 2.49 bits per heavy atom. The maximum absolute atomic E-state index is 14.8. The topological polar surface area (TPSA) is 109 Å². The Morgan fingerprint density at radius 1 is 1.12 bits per heavy atom. The number of rotatable bonds is 12. The van der Waals surface area contributed by atoms with Gasteiger partial charge >= 0.3 is 6.09 Å². The number of amides is 3. The lowest BCUT2D eigenvalue weighted by Crippen LogP contribution is -2.52. The van der Waals surface area contributed by atoms with Crippen LogP contribution in [-0.2, 0) is 31.2 Å². The van der Waals surface area contributed by atoms with Gasteiger partial charge in [0.1, 0.15) is 12.4 Å². The van der Waals surface area contributed by atoms with Gasteiger partial charge < -0.3 is 29.1 Å². The maximum atomic E-state index is 14.8. The number of hydrogen-bond acceptors (Lipinski definition) is 7. The van der Waals surface area contributed by atoms with Crippen LogP contribution in [0.15, 0.2) is 85.5 Å². The van der Waals surface area contributed by atoms with Gasteiger partial charge in [-0.2, -0.15) is 0 Å². The lowest BCUT2D eigenvalue weighted by atomic mass is 9.82. The summed E-state index contributed by atoms with van der Waals surface area (Å²) in [6.07, 6.45) is 0.692. The van der Waals surface area contributed by atoms with Gasteiger partial charge in [-0.05, 0) is 41.4 Å². The van der Waals surface area contributed by atoms with E-state index in [0.717, 1.165) is 16.5 Å². The molecule has 3 aliphatic heterocycles. The van der Waals surface area contributed by atoms with Gasteiger partial charge in [-0.15, -0.1) is 6.58 Å². The highest BCUT2D eigenvalue weighted by Crippen LogP contribution is 2.60. The number of cyclic esters (lactones) is 1. The van der Waals surface area contributed by atoms with E-state index >= 15 is 0 Å². The van der Waals surface area contributed by atoms with Gasteiger partial charge in [-0.25, -0.2) is 4.79 Å². The van der Waals surface area contributed by atoms with E-state index in [4.69, 9.17) is 14.2 Å². The highest BCUT2D eigenvalue weighted by Gasteiger charge is 2.66. The van der Waals surface area contributed by atoms with Crippen LogP contribution in [-0.4, -0.2) is 82.0 Å². The Hall–Kier alpha value is -4.45. The fourth-order valence-corrected chi connectivity index (χ4v) is 12.1. The van der Waals surface area contributed by atoms with Crippen LogP contribution in [0.2, 0.25) is 18.6 Å². The van der Waals surface area contributed by atoms with Crippen molar-refractivity contribution in [2.24, 2.45) is 5.92 Å². The van der Waals surface area contributed by atoms with Crippen molar-refractivity contribution < 1.29 is 33.7 Å². The number of hydrogen-bond donors (Lipinski definition) is 1. The largest absolute Gasteiger partial charge is 0.497 e. The van der Waals surface area contributed by atoms with Crippen LogP contribution in [0.1, 0.15) is 24.5 Å². The van der Waals surface area contributed by atoms with Crippen LogP contribution in [0, 0.1) is 5.92 Å². The van der Waals surface area contributed by atoms with Crippen molar-refractivity contribution in [1.82, 2.24) is 4.90 Å². The van der Waals surface area contributed by atoms with Crippen LogP contribution < -0.4 is 19.7 Å². The molecule has 3 aromatic carbocycles. The number of benzene rings is 3. The van der Waals surface area contributed by atoms with Crippen LogP contribution >= 0.6 is 0 Å². The first kappa shape index (κ1) is 34.4. The Balaban J connectivity index is 1.45. The van der Waals surface area contributed by atoms with Crippen molar-refractivity contribution in [2.75, 3.05) is 49.8 Å². The predicted molar refractivity (Wildman–Crippen MR) is 191 cm³/mol. The molecule has 0 radical (unpaired) electrons. The number of ether oxygens (including phenoxy) is 3. The van der Waals surface area contributed by atoms with Gasteiger partial charge in [0.2, 0.25) is 5.91 Å². The van der Waals surface area contributed by atoms with E-state index < -0.39 is 25.9 Å². The molecule has 1 spiro atoms. The lowest BCUT2D eigenvalue weighted by Gasteiger charge is -2.37. The summed E-state index contributed by atoms with van der Waals surface area (Å²) in [4.78, 5) is 46.6. The van der Waals surface area contributed by atoms with E-state index in [1.54, 1.807) is 27.9 Å². The minimum absolute atomic E-state index is 0.0401. The van der Waals surface area contributed by atoms with Crippen molar-refractivity contribution in [3.8, 4) is 5.75 Å². The number of aliphatic hydroxyl groups is 1. The molecule has 2 fully saturated rings. The van der Waals surface area contributed by atoms with Crippen LogP contribution in [0.25, 0.3) is 0 Å². The van der Waals surface area contributed by atoms with E-state index in [2.05, 4.69) is 38.7 Å².